The molecule has 0 bridgehead atoms. The zero-order valence-electron chi connectivity index (χ0n) is 8.59. The zero-order valence-corrected chi connectivity index (χ0v) is 10.1. The van der Waals surface area contributed by atoms with E-state index < -0.39 is 0 Å². The van der Waals surface area contributed by atoms with E-state index in [0.29, 0.717) is 10.8 Å². The number of pyridine rings is 1. The van der Waals surface area contributed by atoms with Crippen LogP contribution < -0.4 is 4.90 Å². The van der Waals surface area contributed by atoms with Gasteiger partial charge in [0.1, 0.15) is 17.5 Å². The van der Waals surface area contributed by atoms with Crippen molar-refractivity contribution in [1.29, 1.82) is 5.26 Å². The molecule has 15 heavy (non-hydrogen) atoms. The van der Waals surface area contributed by atoms with Gasteiger partial charge < -0.3 is 4.90 Å². The summed E-state index contributed by atoms with van der Waals surface area (Å²) in [7, 11) is 0. The maximum Gasteiger partial charge on any atom is 0.150 e. The van der Waals surface area contributed by atoms with E-state index in [1.807, 2.05) is 24.8 Å². The Balaban J connectivity index is 3.20. The highest BCUT2D eigenvalue weighted by Crippen LogP contribution is 2.26. The number of anilines is 1. The average Bonchev–Trinajstić information content (AvgIpc) is 2.19. The van der Waals surface area contributed by atoms with Gasteiger partial charge in [0.2, 0.25) is 0 Å². The van der Waals surface area contributed by atoms with Crippen LogP contribution in [0.1, 0.15) is 19.4 Å². The zero-order chi connectivity index (χ0) is 11.4. The minimum atomic E-state index is 0.159. The van der Waals surface area contributed by atoms with E-state index in [2.05, 4.69) is 4.98 Å². The second-order valence-electron chi connectivity index (χ2n) is 2.91. The van der Waals surface area contributed by atoms with E-state index in [9.17, 15) is 0 Å². The molecule has 0 aliphatic carbocycles. The lowest BCUT2D eigenvalue weighted by Gasteiger charge is -2.20. The van der Waals surface area contributed by atoms with Crippen LogP contribution in [0.2, 0.25) is 10.2 Å². The molecule has 5 heteroatoms. The molecular weight excluding hydrogens is 233 g/mol. The molecule has 0 aliphatic heterocycles. The Bertz CT molecular complexity index is 371. The molecule has 1 aromatic heterocycles. The molecule has 1 aromatic rings. The van der Waals surface area contributed by atoms with Crippen LogP contribution in [0, 0.1) is 11.3 Å². The molecule has 0 aromatic carbocycles. The lowest BCUT2D eigenvalue weighted by Crippen LogP contribution is -2.23. The Kier molecular flexibility index (Phi) is 4.19. The third-order valence-corrected chi connectivity index (χ3v) is 2.68. The fourth-order valence-corrected chi connectivity index (χ4v) is 1.79. The largest absolute Gasteiger partial charge is 0.357 e. The summed E-state index contributed by atoms with van der Waals surface area (Å²) in [4.78, 5) is 6.14. The molecule has 3 nitrogen and oxygen atoms in total. The summed E-state index contributed by atoms with van der Waals surface area (Å²) in [5, 5.41) is 9.28. The molecule has 0 radical (unpaired) electrons. The van der Waals surface area contributed by atoms with Crippen LogP contribution in [0.3, 0.4) is 0 Å². The van der Waals surface area contributed by atoms with Crippen molar-refractivity contribution >= 4 is 29.0 Å². The third kappa shape index (κ3) is 2.53. The van der Waals surface area contributed by atoms with Crippen molar-refractivity contribution in [2.75, 3.05) is 18.0 Å². The van der Waals surface area contributed by atoms with Crippen LogP contribution in [0.25, 0.3) is 0 Å². The minimum Gasteiger partial charge on any atom is -0.357 e. The Labute approximate surface area is 99.2 Å². The second kappa shape index (κ2) is 5.20. The molecule has 1 heterocycles. The Morgan fingerprint density at radius 2 is 2.00 bits per heavy atom. The first-order chi connectivity index (χ1) is 7.13. The van der Waals surface area contributed by atoms with Gasteiger partial charge in [-0.25, -0.2) is 4.98 Å². The summed E-state index contributed by atoms with van der Waals surface area (Å²) in [6.45, 7) is 5.68. The molecule has 0 spiro atoms. The summed E-state index contributed by atoms with van der Waals surface area (Å²) in [6, 6.07) is 3.59. The van der Waals surface area contributed by atoms with Gasteiger partial charge >= 0.3 is 0 Å². The van der Waals surface area contributed by atoms with Crippen LogP contribution in [0.4, 0.5) is 5.82 Å². The van der Waals surface area contributed by atoms with Crippen molar-refractivity contribution in [3.8, 4) is 6.07 Å². The predicted octanol–water partition coefficient (Wildman–Crippen LogP) is 3.11. The monoisotopic (exact) mass is 243 g/mol. The number of rotatable bonds is 3. The van der Waals surface area contributed by atoms with E-state index in [1.54, 1.807) is 6.07 Å². The Hall–Kier alpha value is -0.980. The van der Waals surface area contributed by atoms with Gasteiger partial charge in [0.25, 0.3) is 0 Å². The first kappa shape index (κ1) is 12.1. The standard InChI is InChI=1S/C10H11Cl2N3/c1-3-15(4-2)9-5-8(11)7(6-13)10(12)14-9/h5H,3-4H2,1-2H3. The van der Waals surface area contributed by atoms with E-state index in [4.69, 9.17) is 28.5 Å². The molecule has 80 valence electrons. The highest BCUT2D eigenvalue weighted by atomic mass is 35.5. The van der Waals surface area contributed by atoms with Crippen molar-refractivity contribution in [2.24, 2.45) is 0 Å². The van der Waals surface area contributed by atoms with Crippen molar-refractivity contribution < 1.29 is 0 Å². The molecule has 0 amide bonds. The predicted molar refractivity (Wildman–Crippen MR) is 62.5 cm³/mol. The molecule has 0 saturated heterocycles. The van der Waals surface area contributed by atoms with Crippen molar-refractivity contribution in [2.45, 2.75) is 13.8 Å². The maximum absolute atomic E-state index is 8.77. The Morgan fingerprint density at radius 3 is 2.40 bits per heavy atom. The molecule has 0 aliphatic rings. The van der Waals surface area contributed by atoms with Crippen LogP contribution in [-0.2, 0) is 0 Å². The van der Waals surface area contributed by atoms with Gasteiger partial charge in [-0.3, -0.25) is 0 Å². The molecule has 0 fully saturated rings. The van der Waals surface area contributed by atoms with Gasteiger partial charge in [0.15, 0.2) is 5.15 Å². The van der Waals surface area contributed by atoms with E-state index in [0.717, 1.165) is 13.1 Å². The number of halogens is 2. The first-order valence-electron chi connectivity index (χ1n) is 4.65. The van der Waals surface area contributed by atoms with Gasteiger partial charge in [-0.05, 0) is 13.8 Å². The fourth-order valence-electron chi connectivity index (χ4n) is 1.28. The highest BCUT2D eigenvalue weighted by molar-refractivity contribution is 6.36. The molecule has 0 atom stereocenters. The van der Waals surface area contributed by atoms with E-state index in [-0.39, 0.29) is 10.7 Å². The summed E-state index contributed by atoms with van der Waals surface area (Å²) >= 11 is 11.8. The van der Waals surface area contributed by atoms with Gasteiger partial charge in [0.05, 0.1) is 5.02 Å². The average molecular weight is 244 g/mol. The quantitative estimate of drug-likeness (QED) is 0.767. The maximum atomic E-state index is 8.77. The van der Waals surface area contributed by atoms with E-state index in [1.165, 1.54) is 0 Å². The molecule has 0 unspecified atom stereocenters. The van der Waals surface area contributed by atoms with Crippen LogP contribution in [0.5, 0.6) is 0 Å². The van der Waals surface area contributed by atoms with Crippen molar-refractivity contribution in [1.82, 2.24) is 4.98 Å². The fraction of sp³-hybridized carbons (Fsp3) is 0.400. The minimum absolute atomic E-state index is 0.159. The lowest BCUT2D eigenvalue weighted by molar-refractivity contribution is 0.846. The number of nitriles is 1. The van der Waals surface area contributed by atoms with Crippen LogP contribution >= 0.6 is 23.2 Å². The van der Waals surface area contributed by atoms with Gasteiger partial charge in [0, 0.05) is 19.2 Å². The molecule has 1 rings (SSSR count). The van der Waals surface area contributed by atoms with Crippen LogP contribution in [0.15, 0.2) is 6.07 Å². The van der Waals surface area contributed by atoms with Gasteiger partial charge in [-0.2, -0.15) is 5.26 Å². The third-order valence-electron chi connectivity index (χ3n) is 2.11. The van der Waals surface area contributed by atoms with E-state index >= 15 is 0 Å². The summed E-state index contributed by atoms with van der Waals surface area (Å²) < 4.78 is 0. The summed E-state index contributed by atoms with van der Waals surface area (Å²) in [5.41, 5.74) is 0.231. The topological polar surface area (TPSA) is 39.9 Å². The smallest absolute Gasteiger partial charge is 0.150 e. The molecule has 0 saturated carbocycles. The SMILES string of the molecule is CCN(CC)c1cc(Cl)c(C#N)c(Cl)n1. The number of nitrogens with zero attached hydrogens (tertiary/aromatic N) is 3. The number of hydrogen-bond acceptors (Lipinski definition) is 3. The number of hydrogen-bond donors (Lipinski definition) is 0. The van der Waals surface area contributed by atoms with Crippen molar-refractivity contribution in [3.63, 3.8) is 0 Å². The lowest BCUT2D eigenvalue weighted by atomic mass is 10.3. The van der Waals surface area contributed by atoms with Crippen LogP contribution in [-0.4, -0.2) is 18.1 Å². The Morgan fingerprint density at radius 1 is 1.40 bits per heavy atom. The highest BCUT2D eigenvalue weighted by Gasteiger charge is 2.12. The summed E-state index contributed by atoms with van der Waals surface area (Å²) in [6.07, 6.45) is 0. The molecule has 0 N–H and O–H groups in total. The van der Waals surface area contributed by atoms with Gasteiger partial charge in [-0.1, -0.05) is 23.2 Å². The number of aromatic nitrogens is 1. The molecular formula is C10H11Cl2N3. The normalized spacial score (nSPS) is 9.80. The first-order valence-corrected chi connectivity index (χ1v) is 5.40. The van der Waals surface area contributed by atoms with Crippen molar-refractivity contribution in [3.05, 3.63) is 21.8 Å². The summed E-state index contributed by atoms with van der Waals surface area (Å²) in [5.74, 6) is 0.703. The second-order valence-corrected chi connectivity index (χ2v) is 3.68. The van der Waals surface area contributed by atoms with Gasteiger partial charge in [-0.15, -0.1) is 0 Å².